The largest absolute Gasteiger partial charge is 0.480 e. The molecule has 0 radical (unpaired) electrons. The van der Waals surface area contributed by atoms with Crippen LogP contribution in [0.25, 0.3) is 0 Å². The quantitative estimate of drug-likeness (QED) is 0.672. The molecule has 118 valence electrons. The van der Waals surface area contributed by atoms with Crippen molar-refractivity contribution in [1.82, 2.24) is 4.72 Å². The van der Waals surface area contributed by atoms with Gasteiger partial charge in [-0.2, -0.15) is 4.72 Å². The Hall–Kier alpha value is -0.970. The van der Waals surface area contributed by atoms with Crippen molar-refractivity contribution in [3.05, 3.63) is 14.7 Å². The lowest BCUT2D eigenvalue weighted by Gasteiger charge is -2.14. The predicted molar refractivity (Wildman–Crippen MR) is 79.8 cm³/mol. The summed E-state index contributed by atoms with van der Waals surface area (Å²) in [5.74, 6) is -1.95. The second-order valence-corrected chi connectivity index (χ2v) is 8.42. The Balaban J connectivity index is 2.90. The number of nitrogens with one attached hydrogen (secondary N) is 1. The van der Waals surface area contributed by atoms with Gasteiger partial charge in [0.25, 0.3) is 0 Å². The second kappa shape index (κ2) is 7.34. The van der Waals surface area contributed by atoms with E-state index in [1.807, 2.05) is 0 Å². The summed E-state index contributed by atoms with van der Waals surface area (Å²) in [6.45, 7) is 1.62. The summed E-state index contributed by atoms with van der Waals surface area (Å²) in [6.07, 6.45) is -0.381. The van der Waals surface area contributed by atoms with Gasteiger partial charge in [0.2, 0.25) is 10.0 Å². The third-order valence-electron chi connectivity index (χ3n) is 2.59. The number of ether oxygens (including phenoxy) is 1. The van der Waals surface area contributed by atoms with Crippen LogP contribution in [0.3, 0.4) is 0 Å². The Labute approximate surface area is 134 Å². The molecule has 21 heavy (non-hydrogen) atoms. The number of carboxylic acid groups (broad SMARTS) is 1. The topological polar surface area (TPSA) is 110 Å². The third-order valence-corrected chi connectivity index (χ3v) is 5.87. The van der Waals surface area contributed by atoms with Gasteiger partial charge in [0.15, 0.2) is 0 Å². The molecule has 1 aromatic rings. The van der Waals surface area contributed by atoms with Gasteiger partial charge in [-0.05, 0) is 35.3 Å². The first-order valence-corrected chi connectivity index (χ1v) is 8.84. The van der Waals surface area contributed by atoms with E-state index in [-0.39, 0.29) is 17.7 Å². The molecular weight excluding hydrogens is 386 g/mol. The van der Waals surface area contributed by atoms with Crippen LogP contribution in [0.2, 0.25) is 0 Å². The zero-order valence-corrected chi connectivity index (χ0v) is 14.5. The molecule has 1 heterocycles. The maximum absolute atomic E-state index is 12.2. The van der Waals surface area contributed by atoms with Crippen LogP contribution in [0.1, 0.15) is 17.7 Å². The van der Waals surface area contributed by atoms with Crippen molar-refractivity contribution in [2.45, 2.75) is 30.7 Å². The molecule has 10 heteroatoms. The normalized spacial score (nSPS) is 12.9. The smallest absolute Gasteiger partial charge is 0.321 e. The molecule has 0 aromatic carbocycles. The van der Waals surface area contributed by atoms with Crippen molar-refractivity contribution in [3.63, 3.8) is 0 Å². The van der Waals surface area contributed by atoms with Gasteiger partial charge < -0.3 is 9.84 Å². The number of hydrogen-bond acceptors (Lipinski definition) is 6. The SMILES string of the molecule is COC(=O)CCC(NS(=O)(=O)c1cc(Br)sc1C)C(=O)O. The highest BCUT2D eigenvalue weighted by Gasteiger charge is 2.28. The van der Waals surface area contributed by atoms with Crippen molar-refractivity contribution in [1.29, 1.82) is 0 Å². The standard InChI is InChI=1S/C11H14BrNO6S2/c1-6-8(5-9(12)20-6)21(17,18)13-7(11(15)16)3-4-10(14)19-2/h5,7,13H,3-4H2,1-2H3,(H,15,16). The van der Waals surface area contributed by atoms with Crippen LogP contribution in [0.5, 0.6) is 0 Å². The van der Waals surface area contributed by atoms with E-state index in [1.54, 1.807) is 6.92 Å². The molecule has 0 aliphatic carbocycles. The number of hydrogen-bond donors (Lipinski definition) is 2. The molecule has 1 unspecified atom stereocenters. The first kappa shape index (κ1) is 18.1. The molecule has 2 N–H and O–H groups in total. The average Bonchev–Trinajstić information content (AvgIpc) is 2.73. The number of halogens is 1. The Kier molecular flexibility index (Phi) is 6.32. The maximum atomic E-state index is 12.2. The number of aliphatic carboxylic acids is 1. The van der Waals surface area contributed by atoms with E-state index >= 15 is 0 Å². The minimum atomic E-state index is -3.97. The zero-order chi connectivity index (χ0) is 16.2. The first-order chi connectivity index (χ1) is 9.67. The van der Waals surface area contributed by atoms with Gasteiger partial charge >= 0.3 is 11.9 Å². The van der Waals surface area contributed by atoms with Gasteiger partial charge in [-0.25, -0.2) is 8.42 Å². The Bertz CT molecular complexity index is 639. The number of methoxy groups -OCH3 is 1. The molecule has 7 nitrogen and oxygen atoms in total. The van der Waals surface area contributed by atoms with Crippen molar-refractivity contribution >= 4 is 49.2 Å². The van der Waals surface area contributed by atoms with E-state index in [1.165, 1.54) is 24.5 Å². The van der Waals surface area contributed by atoms with Crippen LogP contribution >= 0.6 is 27.3 Å². The molecule has 0 bridgehead atoms. The van der Waals surface area contributed by atoms with Crippen LogP contribution in [-0.2, 0) is 24.3 Å². The molecule has 0 spiro atoms. The molecular formula is C11H14BrNO6S2. The number of aryl methyl sites for hydroxylation is 1. The lowest BCUT2D eigenvalue weighted by Crippen LogP contribution is -2.41. The molecule has 1 rings (SSSR count). The molecule has 1 aromatic heterocycles. The van der Waals surface area contributed by atoms with Crippen molar-refractivity contribution in [2.24, 2.45) is 0 Å². The van der Waals surface area contributed by atoms with Gasteiger partial charge in [-0.1, -0.05) is 0 Å². The molecule has 0 amide bonds. The maximum Gasteiger partial charge on any atom is 0.321 e. The van der Waals surface area contributed by atoms with E-state index < -0.39 is 28.0 Å². The van der Waals surface area contributed by atoms with Crippen molar-refractivity contribution in [2.75, 3.05) is 7.11 Å². The van der Waals surface area contributed by atoms with E-state index in [4.69, 9.17) is 5.11 Å². The summed E-state index contributed by atoms with van der Waals surface area (Å²) in [7, 11) is -2.80. The zero-order valence-electron chi connectivity index (χ0n) is 11.3. The van der Waals surface area contributed by atoms with Crippen molar-refractivity contribution < 1.29 is 27.9 Å². The van der Waals surface area contributed by atoms with Gasteiger partial charge in [0.1, 0.15) is 6.04 Å². The fourth-order valence-corrected chi connectivity index (χ4v) is 5.18. The number of carbonyl (C=O) groups excluding carboxylic acids is 1. The Morgan fingerprint density at radius 2 is 2.14 bits per heavy atom. The third kappa shape index (κ3) is 5.06. The lowest BCUT2D eigenvalue weighted by molar-refractivity contribution is -0.142. The van der Waals surface area contributed by atoms with Crippen LogP contribution in [0, 0.1) is 6.92 Å². The fraction of sp³-hybridized carbons (Fsp3) is 0.455. The van der Waals surface area contributed by atoms with Crippen LogP contribution < -0.4 is 4.72 Å². The molecule has 0 saturated heterocycles. The summed E-state index contributed by atoms with van der Waals surface area (Å²) in [6, 6.07) is 0.00818. The molecule has 0 aliphatic heterocycles. The summed E-state index contributed by atoms with van der Waals surface area (Å²) < 4.78 is 31.5. The molecule has 0 saturated carbocycles. The Morgan fingerprint density at radius 3 is 2.57 bits per heavy atom. The number of esters is 1. The minimum Gasteiger partial charge on any atom is -0.480 e. The summed E-state index contributed by atoms with van der Waals surface area (Å²) >= 11 is 4.41. The average molecular weight is 400 g/mol. The highest BCUT2D eigenvalue weighted by Crippen LogP contribution is 2.29. The number of carbonyl (C=O) groups is 2. The van der Waals surface area contributed by atoms with E-state index in [0.717, 1.165) is 0 Å². The monoisotopic (exact) mass is 399 g/mol. The lowest BCUT2D eigenvalue weighted by atomic mass is 10.2. The highest BCUT2D eigenvalue weighted by molar-refractivity contribution is 9.11. The van der Waals surface area contributed by atoms with E-state index in [2.05, 4.69) is 25.4 Å². The first-order valence-electron chi connectivity index (χ1n) is 5.75. The number of sulfonamides is 1. The van der Waals surface area contributed by atoms with Crippen LogP contribution in [0.15, 0.2) is 14.7 Å². The fourth-order valence-electron chi connectivity index (χ4n) is 1.55. The summed E-state index contributed by atoms with van der Waals surface area (Å²) in [5, 5.41) is 9.06. The van der Waals surface area contributed by atoms with Crippen molar-refractivity contribution in [3.8, 4) is 0 Å². The molecule has 1 atom stereocenters. The van der Waals surface area contributed by atoms with Crippen LogP contribution in [0.4, 0.5) is 0 Å². The van der Waals surface area contributed by atoms with Gasteiger partial charge in [0.05, 0.1) is 15.8 Å². The van der Waals surface area contributed by atoms with Gasteiger partial charge in [-0.3, -0.25) is 9.59 Å². The second-order valence-electron chi connectivity index (χ2n) is 4.10. The van der Waals surface area contributed by atoms with Gasteiger partial charge in [0, 0.05) is 11.3 Å². The van der Waals surface area contributed by atoms with E-state index in [0.29, 0.717) is 8.66 Å². The minimum absolute atomic E-state index is 0.0173. The number of rotatable bonds is 7. The highest BCUT2D eigenvalue weighted by atomic mass is 79.9. The number of carboxylic acids is 1. The summed E-state index contributed by atoms with van der Waals surface area (Å²) in [5.41, 5.74) is 0. The van der Waals surface area contributed by atoms with E-state index in [9.17, 15) is 18.0 Å². The molecule has 0 fully saturated rings. The Morgan fingerprint density at radius 1 is 1.52 bits per heavy atom. The number of thiophene rings is 1. The predicted octanol–water partition coefficient (Wildman–Crippen LogP) is 1.50. The van der Waals surface area contributed by atoms with Gasteiger partial charge in [-0.15, -0.1) is 11.3 Å². The summed E-state index contributed by atoms with van der Waals surface area (Å²) in [4.78, 5) is 22.7. The van der Waals surface area contributed by atoms with Crippen LogP contribution in [-0.4, -0.2) is 38.6 Å². The molecule has 0 aliphatic rings.